The summed E-state index contributed by atoms with van der Waals surface area (Å²) < 4.78 is 0. The smallest absolute Gasteiger partial charge is 0.244 e. The number of para-hydroxylation sites is 1. The first-order chi connectivity index (χ1) is 8.07. The molecule has 1 aromatic carbocycles. The predicted octanol–water partition coefficient (Wildman–Crippen LogP) is 3.76. The molecule has 1 amide bonds. The van der Waals surface area contributed by atoms with Crippen molar-refractivity contribution in [3.63, 3.8) is 0 Å². The molecule has 0 fully saturated rings. The van der Waals surface area contributed by atoms with Gasteiger partial charge < -0.3 is 4.90 Å². The molecule has 2 nitrogen and oxygen atoms in total. The van der Waals surface area contributed by atoms with Gasteiger partial charge in [0.05, 0.1) is 0 Å². The molecule has 94 valence electrons. The van der Waals surface area contributed by atoms with Crippen LogP contribution in [-0.2, 0) is 4.79 Å². The average molecular weight is 254 g/mol. The van der Waals surface area contributed by atoms with Gasteiger partial charge >= 0.3 is 0 Å². The van der Waals surface area contributed by atoms with Crippen molar-refractivity contribution >= 4 is 23.2 Å². The van der Waals surface area contributed by atoms with Crippen LogP contribution in [-0.4, -0.2) is 18.3 Å². The third kappa shape index (κ3) is 3.74. The Morgan fingerprint density at radius 1 is 1.41 bits per heavy atom. The summed E-state index contributed by atoms with van der Waals surface area (Å²) in [6.45, 7) is 4.09. The molecule has 1 aromatic rings. The van der Waals surface area contributed by atoms with Gasteiger partial charge in [0, 0.05) is 12.7 Å². The van der Waals surface area contributed by atoms with Gasteiger partial charge in [-0.05, 0) is 25.0 Å². The van der Waals surface area contributed by atoms with Gasteiger partial charge in [0.25, 0.3) is 0 Å². The molecule has 0 aromatic heterocycles. The van der Waals surface area contributed by atoms with Crippen LogP contribution in [0.4, 0.5) is 5.69 Å². The lowest BCUT2D eigenvalue weighted by atomic mass is 10.1. The molecular formula is C14H20ClNO. The molecule has 0 aliphatic rings. The Morgan fingerprint density at radius 2 is 2.06 bits per heavy atom. The van der Waals surface area contributed by atoms with Crippen LogP contribution in [0.1, 0.15) is 31.7 Å². The molecule has 0 bridgehead atoms. The van der Waals surface area contributed by atoms with E-state index in [1.807, 2.05) is 31.2 Å². The quantitative estimate of drug-likeness (QED) is 0.732. The number of aryl methyl sites for hydroxylation is 1. The zero-order valence-corrected chi connectivity index (χ0v) is 11.5. The molecule has 0 radical (unpaired) electrons. The van der Waals surface area contributed by atoms with Crippen molar-refractivity contribution < 1.29 is 4.79 Å². The first-order valence-electron chi connectivity index (χ1n) is 6.05. The zero-order chi connectivity index (χ0) is 12.8. The third-order valence-electron chi connectivity index (χ3n) is 2.89. The van der Waals surface area contributed by atoms with E-state index < -0.39 is 5.38 Å². The highest BCUT2D eigenvalue weighted by Crippen LogP contribution is 2.20. The number of carbonyl (C=O) groups is 1. The van der Waals surface area contributed by atoms with Crippen molar-refractivity contribution in [3.8, 4) is 0 Å². The number of benzene rings is 1. The normalized spacial score (nSPS) is 12.2. The monoisotopic (exact) mass is 253 g/mol. The summed E-state index contributed by atoms with van der Waals surface area (Å²) in [5, 5.41) is -0.417. The number of halogens is 1. The Hall–Kier alpha value is -1.02. The summed E-state index contributed by atoms with van der Waals surface area (Å²) in [5.41, 5.74) is 2.02. The molecule has 1 rings (SSSR count). The predicted molar refractivity (Wildman–Crippen MR) is 73.8 cm³/mol. The molecule has 0 heterocycles. The van der Waals surface area contributed by atoms with E-state index in [0.717, 1.165) is 30.5 Å². The average Bonchev–Trinajstić information content (AvgIpc) is 2.34. The van der Waals surface area contributed by atoms with E-state index in [1.54, 1.807) is 11.9 Å². The van der Waals surface area contributed by atoms with Crippen LogP contribution in [0.2, 0.25) is 0 Å². The molecule has 1 atom stereocenters. The standard InChI is InChI=1S/C14H20ClNO/c1-4-5-9-12(15)14(17)16(3)13-10-7-6-8-11(13)2/h6-8,10,12H,4-5,9H2,1-3H3. The summed E-state index contributed by atoms with van der Waals surface area (Å²) in [6.07, 6.45) is 2.79. The summed E-state index contributed by atoms with van der Waals surface area (Å²) in [4.78, 5) is 13.8. The van der Waals surface area contributed by atoms with Gasteiger partial charge in [0.2, 0.25) is 5.91 Å². The van der Waals surface area contributed by atoms with Crippen LogP contribution in [0, 0.1) is 6.92 Å². The van der Waals surface area contributed by atoms with Crippen molar-refractivity contribution in [1.29, 1.82) is 0 Å². The van der Waals surface area contributed by atoms with E-state index in [-0.39, 0.29) is 5.91 Å². The lowest BCUT2D eigenvalue weighted by Crippen LogP contribution is -2.34. The van der Waals surface area contributed by atoms with Crippen molar-refractivity contribution in [1.82, 2.24) is 0 Å². The van der Waals surface area contributed by atoms with Gasteiger partial charge in [-0.1, -0.05) is 38.0 Å². The van der Waals surface area contributed by atoms with Crippen LogP contribution < -0.4 is 4.90 Å². The second-order valence-electron chi connectivity index (χ2n) is 4.29. The number of alkyl halides is 1. The van der Waals surface area contributed by atoms with Gasteiger partial charge in [-0.25, -0.2) is 0 Å². The van der Waals surface area contributed by atoms with Gasteiger partial charge in [0.15, 0.2) is 0 Å². The minimum absolute atomic E-state index is 0.0191. The fraction of sp³-hybridized carbons (Fsp3) is 0.500. The number of hydrogen-bond acceptors (Lipinski definition) is 1. The van der Waals surface area contributed by atoms with Crippen LogP contribution >= 0.6 is 11.6 Å². The van der Waals surface area contributed by atoms with Crippen molar-refractivity contribution in [2.75, 3.05) is 11.9 Å². The fourth-order valence-electron chi connectivity index (χ4n) is 1.78. The lowest BCUT2D eigenvalue weighted by molar-refractivity contribution is -0.118. The minimum atomic E-state index is -0.417. The number of hydrogen-bond donors (Lipinski definition) is 0. The van der Waals surface area contributed by atoms with Crippen molar-refractivity contribution in [3.05, 3.63) is 29.8 Å². The van der Waals surface area contributed by atoms with E-state index in [9.17, 15) is 4.79 Å². The maximum atomic E-state index is 12.1. The van der Waals surface area contributed by atoms with E-state index in [1.165, 1.54) is 0 Å². The third-order valence-corrected chi connectivity index (χ3v) is 3.29. The van der Waals surface area contributed by atoms with E-state index >= 15 is 0 Å². The SMILES string of the molecule is CCCCC(Cl)C(=O)N(C)c1ccccc1C. The lowest BCUT2D eigenvalue weighted by Gasteiger charge is -2.22. The maximum Gasteiger partial charge on any atom is 0.244 e. The van der Waals surface area contributed by atoms with Gasteiger partial charge in [0.1, 0.15) is 5.38 Å². The van der Waals surface area contributed by atoms with Gasteiger partial charge in [-0.15, -0.1) is 11.6 Å². The molecular weight excluding hydrogens is 234 g/mol. The molecule has 0 saturated carbocycles. The van der Waals surface area contributed by atoms with Crippen LogP contribution in [0.25, 0.3) is 0 Å². The Labute approximate surface area is 109 Å². The van der Waals surface area contributed by atoms with Crippen LogP contribution in [0.5, 0.6) is 0 Å². The molecule has 1 unspecified atom stereocenters. The molecule has 0 spiro atoms. The van der Waals surface area contributed by atoms with Crippen molar-refractivity contribution in [2.24, 2.45) is 0 Å². The Morgan fingerprint density at radius 3 is 2.65 bits per heavy atom. The maximum absolute atomic E-state index is 12.1. The van der Waals surface area contributed by atoms with E-state index in [4.69, 9.17) is 11.6 Å². The second-order valence-corrected chi connectivity index (χ2v) is 4.82. The van der Waals surface area contributed by atoms with Crippen LogP contribution in [0.3, 0.4) is 0 Å². The molecule has 0 N–H and O–H groups in total. The van der Waals surface area contributed by atoms with E-state index in [2.05, 4.69) is 6.92 Å². The van der Waals surface area contributed by atoms with Crippen LogP contribution in [0.15, 0.2) is 24.3 Å². The molecule has 3 heteroatoms. The zero-order valence-electron chi connectivity index (χ0n) is 10.7. The number of amides is 1. The summed E-state index contributed by atoms with van der Waals surface area (Å²) in [5.74, 6) is -0.0191. The Kier molecular flexibility index (Phi) is 5.49. The van der Waals surface area contributed by atoms with Gasteiger partial charge in [-0.3, -0.25) is 4.79 Å². The minimum Gasteiger partial charge on any atom is -0.314 e. The molecule has 0 aliphatic heterocycles. The highest BCUT2D eigenvalue weighted by atomic mass is 35.5. The van der Waals surface area contributed by atoms with Gasteiger partial charge in [-0.2, -0.15) is 0 Å². The molecule has 0 aliphatic carbocycles. The molecule has 0 saturated heterocycles. The van der Waals surface area contributed by atoms with Crippen molar-refractivity contribution in [2.45, 2.75) is 38.5 Å². The number of carbonyl (C=O) groups excluding carboxylic acids is 1. The highest BCUT2D eigenvalue weighted by molar-refractivity contribution is 6.32. The number of rotatable bonds is 5. The molecule has 17 heavy (non-hydrogen) atoms. The number of anilines is 1. The summed E-state index contributed by atoms with van der Waals surface area (Å²) in [6, 6.07) is 7.83. The Bertz CT molecular complexity index is 378. The first-order valence-corrected chi connectivity index (χ1v) is 6.48. The topological polar surface area (TPSA) is 20.3 Å². The largest absolute Gasteiger partial charge is 0.314 e. The fourth-order valence-corrected chi connectivity index (χ4v) is 2.08. The summed E-state index contributed by atoms with van der Waals surface area (Å²) in [7, 11) is 1.78. The van der Waals surface area contributed by atoms with E-state index in [0.29, 0.717) is 0 Å². The number of nitrogens with zero attached hydrogens (tertiary/aromatic N) is 1. The summed E-state index contributed by atoms with van der Waals surface area (Å²) >= 11 is 6.12. The Balaban J connectivity index is 2.73. The first kappa shape index (κ1) is 14.0. The second kappa shape index (κ2) is 6.65. The number of unbranched alkanes of at least 4 members (excludes halogenated alkanes) is 1. The highest BCUT2D eigenvalue weighted by Gasteiger charge is 2.20.